The lowest BCUT2D eigenvalue weighted by Crippen LogP contribution is -2.37. The smallest absolute Gasteiger partial charge is 0.253 e. The molecule has 0 saturated carbocycles. The van der Waals surface area contributed by atoms with Gasteiger partial charge in [0.25, 0.3) is 5.91 Å². The summed E-state index contributed by atoms with van der Waals surface area (Å²) in [6, 6.07) is 7.74. The maximum absolute atomic E-state index is 12.3. The van der Waals surface area contributed by atoms with Gasteiger partial charge >= 0.3 is 0 Å². The Hall–Kier alpha value is -2.08. The van der Waals surface area contributed by atoms with Gasteiger partial charge in [0, 0.05) is 52.0 Å². The summed E-state index contributed by atoms with van der Waals surface area (Å²) in [5, 5.41) is 6.58. The molecule has 0 aliphatic carbocycles. The maximum atomic E-state index is 12.3. The summed E-state index contributed by atoms with van der Waals surface area (Å²) in [5.74, 6) is 1.42. The summed E-state index contributed by atoms with van der Waals surface area (Å²) in [6.45, 7) is 12.8. The van der Waals surface area contributed by atoms with Crippen molar-refractivity contribution in [2.24, 2.45) is 10.9 Å². The predicted molar refractivity (Wildman–Crippen MR) is 112 cm³/mol. The molecule has 1 aromatic rings. The van der Waals surface area contributed by atoms with E-state index in [0.29, 0.717) is 12.5 Å². The summed E-state index contributed by atoms with van der Waals surface area (Å²) in [5.41, 5.74) is 1.83. The van der Waals surface area contributed by atoms with Crippen LogP contribution in [0.4, 0.5) is 0 Å². The molecule has 0 fully saturated rings. The molecule has 152 valence electrons. The molecule has 27 heavy (non-hydrogen) atoms. The van der Waals surface area contributed by atoms with Crippen LogP contribution in [0, 0.1) is 5.92 Å². The lowest BCUT2D eigenvalue weighted by Gasteiger charge is -2.18. The number of ether oxygens (including phenoxy) is 1. The van der Waals surface area contributed by atoms with Crippen LogP contribution in [0.25, 0.3) is 0 Å². The van der Waals surface area contributed by atoms with E-state index >= 15 is 0 Å². The zero-order valence-electron chi connectivity index (χ0n) is 17.5. The molecular formula is C21H36N4O2. The standard InChI is InChI=1S/C21H36N4O2/c1-6-25(7-2)20(26)19-11-9-18(10-12-19)15-24-21(22-5)23-13-8-14-27-16-17(3)4/h9-12,17H,6-8,13-16H2,1-5H3,(H2,22,23,24). The molecule has 0 saturated heterocycles. The summed E-state index contributed by atoms with van der Waals surface area (Å²) < 4.78 is 5.57. The summed E-state index contributed by atoms with van der Waals surface area (Å²) in [7, 11) is 1.76. The molecule has 0 unspecified atom stereocenters. The number of carbonyl (C=O) groups is 1. The Balaban J connectivity index is 2.37. The molecule has 0 bridgehead atoms. The first kappa shape index (κ1) is 23.0. The SMILES string of the molecule is CCN(CC)C(=O)c1ccc(CNC(=NC)NCCCOCC(C)C)cc1. The van der Waals surface area contributed by atoms with Crippen LogP contribution in [0.2, 0.25) is 0 Å². The Morgan fingerprint density at radius 2 is 1.81 bits per heavy atom. The lowest BCUT2D eigenvalue weighted by atomic mass is 10.1. The molecule has 0 atom stereocenters. The number of nitrogens with zero attached hydrogens (tertiary/aromatic N) is 2. The molecule has 6 heteroatoms. The second-order valence-electron chi connectivity index (χ2n) is 6.85. The number of aliphatic imine (C=N–C) groups is 1. The fraction of sp³-hybridized carbons (Fsp3) is 0.619. The average Bonchev–Trinajstić information content (AvgIpc) is 2.67. The number of guanidine groups is 1. The van der Waals surface area contributed by atoms with Gasteiger partial charge in [0.1, 0.15) is 0 Å². The molecule has 1 amide bonds. The maximum Gasteiger partial charge on any atom is 0.253 e. The molecule has 0 radical (unpaired) electrons. The van der Waals surface area contributed by atoms with Crippen LogP contribution in [0.15, 0.2) is 29.3 Å². The van der Waals surface area contributed by atoms with Gasteiger partial charge in [-0.1, -0.05) is 26.0 Å². The van der Waals surface area contributed by atoms with Crippen molar-refractivity contribution < 1.29 is 9.53 Å². The Bertz CT molecular complexity index is 566. The molecule has 0 aromatic heterocycles. The minimum absolute atomic E-state index is 0.0803. The van der Waals surface area contributed by atoms with Gasteiger partial charge in [-0.05, 0) is 43.9 Å². The van der Waals surface area contributed by atoms with Gasteiger partial charge in [-0.15, -0.1) is 0 Å². The highest BCUT2D eigenvalue weighted by Gasteiger charge is 2.11. The minimum Gasteiger partial charge on any atom is -0.381 e. The summed E-state index contributed by atoms with van der Waals surface area (Å²) >= 11 is 0. The van der Waals surface area contributed by atoms with Crippen molar-refractivity contribution >= 4 is 11.9 Å². The van der Waals surface area contributed by atoms with Crippen molar-refractivity contribution in [1.29, 1.82) is 0 Å². The number of benzene rings is 1. The molecule has 2 N–H and O–H groups in total. The van der Waals surface area contributed by atoms with Crippen LogP contribution in [-0.2, 0) is 11.3 Å². The van der Waals surface area contributed by atoms with Gasteiger partial charge in [-0.25, -0.2) is 0 Å². The number of hydrogen-bond donors (Lipinski definition) is 2. The van der Waals surface area contributed by atoms with Crippen LogP contribution < -0.4 is 10.6 Å². The zero-order valence-corrected chi connectivity index (χ0v) is 17.5. The minimum atomic E-state index is 0.0803. The van der Waals surface area contributed by atoms with Gasteiger partial charge in [-0.3, -0.25) is 9.79 Å². The Morgan fingerprint density at radius 1 is 1.15 bits per heavy atom. The van der Waals surface area contributed by atoms with Gasteiger partial charge in [0.2, 0.25) is 0 Å². The summed E-state index contributed by atoms with van der Waals surface area (Å²) in [6.07, 6.45) is 0.940. The van der Waals surface area contributed by atoms with Gasteiger partial charge < -0.3 is 20.3 Å². The van der Waals surface area contributed by atoms with Crippen molar-refractivity contribution in [2.45, 2.75) is 40.7 Å². The van der Waals surface area contributed by atoms with Gasteiger partial charge in [0.05, 0.1) is 0 Å². The van der Waals surface area contributed by atoms with E-state index in [9.17, 15) is 4.79 Å². The van der Waals surface area contributed by atoms with E-state index in [1.165, 1.54) is 0 Å². The fourth-order valence-corrected chi connectivity index (χ4v) is 2.57. The quantitative estimate of drug-likeness (QED) is 0.354. The average molecular weight is 377 g/mol. The molecular weight excluding hydrogens is 340 g/mol. The second kappa shape index (κ2) is 13.1. The van der Waals surface area contributed by atoms with Crippen molar-refractivity contribution in [2.75, 3.05) is 39.9 Å². The van der Waals surface area contributed by atoms with Crippen LogP contribution in [0.3, 0.4) is 0 Å². The second-order valence-corrected chi connectivity index (χ2v) is 6.85. The third kappa shape index (κ3) is 8.91. The molecule has 1 aromatic carbocycles. The first-order valence-corrected chi connectivity index (χ1v) is 9.92. The zero-order chi connectivity index (χ0) is 20.1. The molecule has 0 spiro atoms. The lowest BCUT2D eigenvalue weighted by molar-refractivity contribution is 0.0773. The number of nitrogens with one attached hydrogen (secondary N) is 2. The molecule has 0 aliphatic rings. The first-order chi connectivity index (χ1) is 13.0. The van der Waals surface area contributed by atoms with Crippen LogP contribution in [-0.4, -0.2) is 56.7 Å². The van der Waals surface area contributed by atoms with Gasteiger partial charge in [0.15, 0.2) is 5.96 Å². The highest BCUT2D eigenvalue weighted by atomic mass is 16.5. The van der Waals surface area contributed by atoms with E-state index in [1.807, 2.05) is 43.0 Å². The number of amides is 1. The Kier molecular flexibility index (Phi) is 11.2. The molecule has 6 nitrogen and oxygen atoms in total. The monoisotopic (exact) mass is 376 g/mol. The number of carbonyl (C=O) groups excluding carboxylic acids is 1. The van der Waals surface area contributed by atoms with E-state index < -0.39 is 0 Å². The fourth-order valence-electron chi connectivity index (χ4n) is 2.57. The largest absolute Gasteiger partial charge is 0.381 e. The topological polar surface area (TPSA) is 66.0 Å². The number of rotatable bonds is 11. The van der Waals surface area contributed by atoms with Crippen molar-refractivity contribution in [3.63, 3.8) is 0 Å². The van der Waals surface area contributed by atoms with Crippen molar-refractivity contribution in [3.05, 3.63) is 35.4 Å². The van der Waals surface area contributed by atoms with E-state index in [1.54, 1.807) is 7.05 Å². The van der Waals surface area contributed by atoms with Crippen molar-refractivity contribution in [1.82, 2.24) is 15.5 Å². The summed E-state index contributed by atoms with van der Waals surface area (Å²) in [4.78, 5) is 18.4. The highest BCUT2D eigenvalue weighted by molar-refractivity contribution is 5.94. The van der Waals surface area contributed by atoms with Crippen LogP contribution in [0.5, 0.6) is 0 Å². The van der Waals surface area contributed by atoms with E-state index in [4.69, 9.17) is 4.74 Å². The third-order valence-electron chi connectivity index (χ3n) is 4.14. The predicted octanol–water partition coefficient (Wildman–Crippen LogP) is 2.90. The Morgan fingerprint density at radius 3 is 2.37 bits per heavy atom. The molecule has 0 aliphatic heterocycles. The first-order valence-electron chi connectivity index (χ1n) is 9.92. The van der Waals surface area contributed by atoms with Crippen molar-refractivity contribution in [3.8, 4) is 0 Å². The highest BCUT2D eigenvalue weighted by Crippen LogP contribution is 2.08. The van der Waals surface area contributed by atoms with Gasteiger partial charge in [-0.2, -0.15) is 0 Å². The Labute approximate surface area is 164 Å². The van der Waals surface area contributed by atoms with E-state index in [0.717, 1.165) is 56.4 Å². The third-order valence-corrected chi connectivity index (χ3v) is 4.14. The normalized spacial score (nSPS) is 11.6. The van der Waals surface area contributed by atoms with E-state index in [-0.39, 0.29) is 5.91 Å². The molecule has 1 rings (SSSR count). The van der Waals surface area contributed by atoms with Crippen LogP contribution >= 0.6 is 0 Å². The number of hydrogen-bond acceptors (Lipinski definition) is 3. The molecule has 0 heterocycles. The van der Waals surface area contributed by atoms with Crippen LogP contribution in [0.1, 0.15) is 50.0 Å². The van der Waals surface area contributed by atoms with E-state index in [2.05, 4.69) is 29.5 Å².